The molecule has 1 atom stereocenters. The van der Waals surface area contributed by atoms with Crippen molar-refractivity contribution in [1.82, 2.24) is 19.7 Å². The standard InChI is InChI=1S/C13H15N5O/c1-10-5-15-13(19-10)9-17-3-2-12(8-17)18-7-11(4-14)6-16-18/h5-7,12H,2-3,8-9H2,1H3. The third-order valence-corrected chi connectivity index (χ3v) is 3.38. The van der Waals surface area contributed by atoms with E-state index in [2.05, 4.69) is 21.1 Å². The van der Waals surface area contributed by atoms with Gasteiger partial charge in [-0.1, -0.05) is 0 Å². The maximum atomic E-state index is 8.81. The predicted molar refractivity (Wildman–Crippen MR) is 67.1 cm³/mol. The van der Waals surface area contributed by atoms with Gasteiger partial charge in [-0.25, -0.2) is 4.98 Å². The molecule has 0 radical (unpaired) electrons. The number of hydrogen-bond acceptors (Lipinski definition) is 5. The van der Waals surface area contributed by atoms with E-state index in [0.717, 1.165) is 37.7 Å². The number of aromatic nitrogens is 3. The molecule has 3 rings (SSSR count). The van der Waals surface area contributed by atoms with Crippen molar-refractivity contribution < 1.29 is 4.42 Å². The van der Waals surface area contributed by atoms with Crippen molar-refractivity contribution in [2.45, 2.75) is 25.9 Å². The van der Waals surface area contributed by atoms with Gasteiger partial charge in [0.15, 0.2) is 0 Å². The number of aryl methyl sites for hydroxylation is 1. The zero-order chi connectivity index (χ0) is 13.2. The van der Waals surface area contributed by atoms with E-state index in [0.29, 0.717) is 11.6 Å². The van der Waals surface area contributed by atoms with Crippen LogP contribution in [0.1, 0.15) is 29.7 Å². The highest BCUT2D eigenvalue weighted by molar-refractivity contribution is 5.22. The molecule has 0 amide bonds. The second kappa shape index (κ2) is 4.86. The molecule has 1 fully saturated rings. The second-order valence-electron chi connectivity index (χ2n) is 4.86. The first-order valence-electron chi connectivity index (χ1n) is 6.32. The molecule has 1 aliphatic heterocycles. The van der Waals surface area contributed by atoms with Gasteiger partial charge in [0.25, 0.3) is 0 Å². The summed E-state index contributed by atoms with van der Waals surface area (Å²) >= 11 is 0. The van der Waals surface area contributed by atoms with Crippen molar-refractivity contribution in [3.63, 3.8) is 0 Å². The molecule has 0 spiro atoms. The van der Waals surface area contributed by atoms with Crippen LogP contribution in [0.2, 0.25) is 0 Å². The number of hydrogen-bond donors (Lipinski definition) is 0. The molecule has 19 heavy (non-hydrogen) atoms. The van der Waals surface area contributed by atoms with E-state index in [4.69, 9.17) is 9.68 Å². The molecule has 0 bridgehead atoms. The van der Waals surface area contributed by atoms with Crippen LogP contribution in [0.25, 0.3) is 0 Å². The van der Waals surface area contributed by atoms with Crippen LogP contribution in [-0.2, 0) is 6.54 Å². The lowest BCUT2D eigenvalue weighted by atomic mass is 10.3. The molecule has 1 aliphatic rings. The van der Waals surface area contributed by atoms with Crippen molar-refractivity contribution in [2.24, 2.45) is 0 Å². The highest BCUT2D eigenvalue weighted by atomic mass is 16.4. The van der Waals surface area contributed by atoms with E-state index >= 15 is 0 Å². The summed E-state index contributed by atoms with van der Waals surface area (Å²) in [6.45, 7) is 4.54. The van der Waals surface area contributed by atoms with Crippen LogP contribution in [0.3, 0.4) is 0 Å². The van der Waals surface area contributed by atoms with Gasteiger partial charge in [0.1, 0.15) is 11.8 Å². The molecule has 0 saturated carbocycles. The molecule has 1 unspecified atom stereocenters. The first-order valence-corrected chi connectivity index (χ1v) is 6.32. The second-order valence-corrected chi connectivity index (χ2v) is 4.86. The van der Waals surface area contributed by atoms with E-state index in [9.17, 15) is 0 Å². The zero-order valence-electron chi connectivity index (χ0n) is 10.8. The van der Waals surface area contributed by atoms with Gasteiger partial charge in [0, 0.05) is 19.3 Å². The quantitative estimate of drug-likeness (QED) is 0.833. The number of rotatable bonds is 3. The Hall–Kier alpha value is -2.13. The average Bonchev–Trinajstić information content (AvgIpc) is 3.10. The van der Waals surface area contributed by atoms with E-state index < -0.39 is 0 Å². The Kier molecular flexibility index (Phi) is 3.05. The maximum Gasteiger partial charge on any atom is 0.208 e. The topological polar surface area (TPSA) is 70.9 Å². The first kappa shape index (κ1) is 11.9. The molecule has 1 saturated heterocycles. The van der Waals surface area contributed by atoms with E-state index in [-0.39, 0.29) is 0 Å². The average molecular weight is 257 g/mol. The number of nitriles is 1. The Balaban J connectivity index is 1.62. The summed E-state index contributed by atoms with van der Waals surface area (Å²) in [5.41, 5.74) is 0.613. The molecular formula is C13H15N5O. The minimum atomic E-state index is 0.332. The van der Waals surface area contributed by atoms with Gasteiger partial charge in [-0.3, -0.25) is 9.58 Å². The Morgan fingerprint density at radius 2 is 2.42 bits per heavy atom. The van der Waals surface area contributed by atoms with Gasteiger partial charge < -0.3 is 4.42 Å². The minimum Gasteiger partial charge on any atom is -0.445 e. The van der Waals surface area contributed by atoms with Gasteiger partial charge in [0.05, 0.1) is 30.5 Å². The molecule has 0 aliphatic carbocycles. The zero-order valence-corrected chi connectivity index (χ0v) is 10.8. The maximum absolute atomic E-state index is 8.81. The highest BCUT2D eigenvalue weighted by Crippen LogP contribution is 2.22. The Morgan fingerprint density at radius 3 is 3.11 bits per heavy atom. The largest absolute Gasteiger partial charge is 0.445 e. The summed E-state index contributed by atoms with van der Waals surface area (Å²) in [5, 5.41) is 13.1. The fourth-order valence-electron chi connectivity index (χ4n) is 2.43. The fraction of sp³-hybridized carbons (Fsp3) is 0.462. The molecule has 2 aromatic heterocycles. The SMILES string of the molecule is Cc1cnc(CN2CCC(n3cc(C#N)cn3)C2)o1. The lowest BCUT2D eigenvalue weighted by Gasteiger charge is -2.13. The Morgan fingerprint density at radius 1 is 1.53 bits per heavy atom. The Labute approximate surface area is 111 Å². The summed E-state index contributed by atoms with van der Waals surface area (Å²) in [6, 6.07) is 2.43. The van der Waals surface area contributed by atoms with Crippen LogP contribution in [0.4, 0.5) is 0 Å². The first-order chi connectivity index (χ1) is 9.24. The van der Waals surface area contributed by atoms with Crippen LogP contribution in [0, 0.1) is 18.3 Å². The smallest absolute Gasteiger partial charge is 0.208 e. The van der Waals surface area contributed by atoms with E-state index in [1.54, 1.807) is 12.4 Å². The van der Waals surface area contributed by atoms with Crippen molar-refractivity contribution in [3.8, 4) is 6.07 Å². The van der Waals surface area contributed by atoms with Crippen molar-refractivity contribution in [1.29, 1.82) is 5.26 Å². The molecule has 0 N–H and O–H groups in total. The summed E-state index contributed by atoms with van der Waals surface area (Å²) < 4.78 is 7.38. The van der Waals surface area contributed by atoms with E-state index in [1.807, 2.05) is 17.8 Å². The molecular weight excluding hydrogens is 242 g/mol. The van der Waals surface area contributed by atoms with Crippen molar-refractivity contribution in [2.75, 3.05) is 13.1 Å². The van der Waals surface area contributed by atoms with Crippen molar-refractivity contribution in [3.05, 3.63) is 35.8 Å². The molecule has 3 heterocycles. The molecule has 98 valence electrons. The van der Waals surface area contributed by atoms with Gasteiger partial charge >= 0.3 is 0 Å². The monoisotopic (exact) mass is 257 g/mol. The third-order valence-electron chi connectivity index (χ3n) is 3.38. The lowest BCUT2D eigenvalue weighted by molar-refractivity contribution is 0.275. The molecule has 2 aromatic rings. The number of oxazole rings is 1. The number of likely N-dealkylation sites (tertiary alicyclic amines) is 1. The van der Waals surface area contributed by atoms with Crippen LogP contribution in [-0.4, -0.2) is 32.8 Å². The van der Waals surface area contributed by atoms with Gasteiger partial charge in [-0.2, -0.15) is 10.4 Å². The predicted octanol–water partition coefficient (Wildman–Crippen LogP) is 1.50. The molecule has 6 nitrogen and oxygen atoms in total. The summed E-state index contributed by atoms with van der Waals surface area (Å²) in [5.74, 6) is 1.60. The highest BCUT2D eigenvalue weighted by Gasteiger charge is 2.25. The van der Waals surface area contributed by atoms with Gasteiger partial charge in [-0.15, -0.1) is 0 Å². The minimum absolute atomic E-state index is 0.332. The lowest BCUT2D eigenvalue weighted by Crippen LogP contribution is -2.21. The fourth-order valence-corrected chi connectivity index (χ4v) is 2.43. The third kappa shape index (κ3) is 2.51. The number of nitrogens with zero attached hydrogens (tertiary/aromatic N) is 5. The van der Waals surface area contributed by atoms with Crippen LogP contribution < -0.4 is 0 Å². The summed E-state index contributed by atoms with van der Waals surface area (Å²) in [7, 11) is 0. The van der Waals surface area contributed by atoms with E-state index in [1.165, 1.54) is 0 Å². The van der Waals surface area contributed by atoms with Gasteiger partial charge in [0.2, 0.25) is 5.89 Å². The Bertz CT molecular complexity index is 609. The van der Waals surface area contributed by atoms with Crippen LogP contribution >= 0.6 is 0 Å². The van der Waals surface area contributed by atoms with Crippen LogP contribution in [0.15, 0.2) is 23.0 Å². The summed E-state index contributed by atoms with van der Waals surface area (Å²) in [6.07, 6.45) is 6.20. The molecule has 6 heteroatoms. The van der Waals surface area contributed by atoms with Crippen LogP contribution in [0.5, 0.6) is 0 Å². The normalized spacial score (nSPS) is 19.7. The molecule has 0 aromatic carbocycles. The van der Waals surface area contributed by atoms with Crippen molar-refractivity contribution >= 4 is 0 Å². The van der Waals surface area contributed by atoms with Gasteiger partial charge in [-0.05, 0) is 13.3 Å². The summed E-state index contributed by atoms with van der Waals surface area (Å²) in [4.78, 5) is 6.52.